The zero-order valence-corrected chi connectivity index (χ0v) is 13.7. The fraction of sp³-hybridized carbons (Fsp3) is 0.286. The van der Waals surface area contributed by atoms with Crippen molar-refractivity contribution in [3.05, 3.63) is 35.8 Å². The largest absolute Gasteiger partial charge is 0.360 e. The Morgan fingerprint density at radius 2 is 2.33 bits per heavy atom. The lowest BCUT2D eigenvalue weighted by Gasteiger charge is -2.29. The van der Waals surface area contributed by atoms with Gasteiger partial charge in [-0.15, -0.1) is 10.2 Å². The zero-order valence-electron chi connectivity index (χ0n) is 12.9. The summed E-state index contributed by atoms with van der Waals surface area (Å²) in [7, 11) is -3.32. The van der Waals surface area contributed by atoms with E-state index < -0.39 is 10.0 Å². The summed E-state index contributed by atoms with van der Waals surface area (Å²) >= 11 is 0. The molecule has 0 aliphatic carbocycles. The maximum Gasteiger partial charge on any atom is 0.232 e. The minimum atomic E-state index is -3.32. The maximum absolute atomic E-state index is 12.0. The Balaban J connectivity index is 1.90. The van der Waals surface area contributed by atoms with Crippen molar-refractivity contribution in [1.82, 2.24) is 20.6 Å². The molecule has 1 aromatic heterocycles. The van der Waals surface area contributed by atoms with Gasteiger partial charge in [0.1, 0.15) is 11.6 Å². The number of tetrazole rings is 1. The van der Waals surface area contributed by atoms with Gasteiger partial charge in [-0.25, -0.2) is 8.42 Å². The Hall–Kier alpha value is -2.93. The van der Waals surface area contributed by atoms with Crippen molar-refractivity contribution in [2.45, 2.75) is 12.8 Å². The van der Waals surface area contributed by atoms with Crippen LogP contribution in [0.1, 0.15) is 17.8 Å². The van der Waals surface area contributed by atoms with E-state index in [1.165, 1.54) is 16.8 Å². The van der Waals surface area contributed by atoms with Crippen LogP contribution in [0.3, 0.4) is 0 Å². The van der Waals surface area contributed by atoms with Gasteiger partial charge in [-0.05, 0) is 35.8 Å². The number of hydrogen-bond donors (Lipinski definition) is 2. The number of allylic oxidation sites excluding steroid dienone is 1. The van der Waals surface area contributed by atoms with Crippen LogP contribution >= 0.6 is 0 Å². The van der Waals surface area contributed by atoms with E-state index in [1.54, 1.807) is 6.07 Å². The third-order valence-electron chi connectivity index (χ3n) is 3.65. The molecule has 0 atom stereocenters. The molecule has 0 unspecified atom stereocenters. The molecule has 124 valence electrons. The van der Waals surface area contributed by atoms with E-state index in [0.717, 1.165) is 18.4 Å². The first-order valence-electron chi connectivity index (χ1n) is 7.20. The molecule has 0 saturated carbocycles. The lowest BCUT2D eigenvalue weighted by Crippen LogP contribution is -2.34. The molecule has 0 bridgehead atoms. The number of nitrogens with zero attached hydrogens (tertiary/aromatic N) is 5. The van der Waals surface area contributed by atoms with Crippen LogP contribution in [-0.2, 0) is 16.4 Å². The van der Waals surface area contributed by atoms with Gasteiger partial charge in [-0.2, -0.15) is 10.5 Å². The molecule has 24 heavy (non-hydrogen) atoms. The topological polar surface area (TPSA) is 128 Å². The van der Waals surface area contributed by atoms with Crippen molar-refractivity contribution in [3.63, 3.8) is 0 Å². The molecule has 9 nitrogen and oxygen atoms in total. The van der Waals surface area contributed by atoms with Crippen molar-refractivity contribution < 1.29 is 8.42 Å². The van der Waals surface area contributed by atoms with E-state index in [-0.39, 0.29) is 11.4 Å². The lowest BCUT2D eigenvalue weighted by atomic mass is 10.0. The number of nitrogens with one attached hydrogen (secondary N) is 2. The third-order valence-corrected chi connectivity index (χ3v) is 4.83. The number of aromatic nitrogens is 4. The van der Waals surface area contributed by atoms with E-state index in [9.17, 15) is 8.42 Å². The normalized spacial score (nSPS) is 14.8. The molecule has 2 N–H and O–H groups in total. The van der Waals surface area contributed by atoms with Gasteiger partial charge in [0, 0.05) is 18.4 Å². The van der Waals surface area contributed by atoms with Crippen LogP contribution in [0, 0.1) is 11.3 Å². The highest BCUT2D eigenvalue weighted by atomic mass is 32.2. The summed E-state index contributed by atoms with van der Waals surface area (Å²) in [5.74, 6) is 0.181. The molecule has 3 rings (SSSR count). The Morgan fingerprint density at radius 3 is 3.00 bits per heavy atom. The quantitative estimate of drug-likeness (QED) is 0.787. The Kier molecular flexibility index (Phi) is 4.18. The van der Waals surface area contributed by atoms with Crippen LogP contribution in [-0.4, -0.2) is 41.8 Å². The molecule has 0 fully saturated rings. The van der Waals surface area contributed by atoms with E-state index >= 15 is 0 Å². The van der Waals surface area contributed by atoms with Crippen LogP contribution in [0.25, 0.3) is 5.57 Å². The summed E-state index contributed by atoms with van der Waals surface area (Å²) in [6.07, 6.45) is 4.29. The van der Waals surface area contributed by atoms with Gasteiger partial charge in [-0.1, -0.05) is 6.07 Å². The summed E-state index contributed by atoms with van der Waals surface area (Å²) in [5.41, 5.74) is 2.53. The van der Waals surface area contributed by atoms with Crippen molar-refractivity contribution in [1.29, 1.82) is 5.26 Å². The molecular weight excluding hydrogens is 330 g/mol. The van der Waals surface area contributed by atoms with Gasteiger partial charge in [0.25, 0.3) is 0 Å². The number of H-pyrrole nitrogens is 1. The van der Waals surface area contributed by atoms with Crippen molar-refractivity contribution >= 4 is 27.0 Å². The second-order valence-electron chi connectivity index (χ2n) is 5.33. The average Bonchev–Trinajstić information content (AvgIpc) is 3.08. The number of rotatable bonds is 4. The highest BCUT2D eigenvalue weighted by molar-refractivity contribution is 7.92. The number of hydrogen-bond acceptors (Lipinski definition) is 7. The smallest absolute Gasteiger partial charge is 0.232 e. The molecule has 10 heteroatoms. The molecule has 1 aliphatic rings. The van der Waals surface area contributed by atoms with E-state index in [1.807, 2.05) is 18.2 Å². The molecule has 0 radical (unpaired) electrons. The number of aromatic amines is 1. The van der Waals surface area contributed by atoms with E-state index in [0.29, 0.717) is 17.9 Å². The highest BCUT2D eigenvalue weighted by Crippen LogP contribution is 2.31. The molecule has 2 aromatic rings. The molecule has 1 aromatic carbocycles. The molecule has 0 saturated heterocycles. The molecule has 1 aliphatic heterocycles. The van der Waals surface area contributed by atoms with Gasteiger partial charge >= 0.3 is 0 Å². The number of sulfonamides is 1. The standard InChI is InChI=1S/C14H15N7O2S/c1-24(22,23)21-6-2-3-10-4-5-12(7-13(10)21)16-9-11(8-15)14-17-19-20-18-14/h4-5,7,9,16H,2-3,6H2,1H3,(H,17,18,19,20). The van der Waals surface area contributed by atoms with Crippen molar-refractivity contribution in [2.24, 2.45) is 0 Å². The van der Waals surface area contributed by atoms with Gasteiger partial charge in [0.15, 0.2) is 0 Å². The van der Waals surface area contributed by atoms with Crippen molar-refractivity contribution in [2.75, 3.05) is 22.4 Å². The van der Waals surface area contributed by atoms with E-state index in [4.69, 9.17) is 5.26 Å². The van der Waals surface area contributed by atoms with Gasteiger partial charge in [0.05, 0.1) is 11.9 Å². The van der Waals surface area contributed by atoms with Crippen LogP contribution in [0.4, 0.5) is 11.4 Å². The average molecular weight is 345 g/mol. The predicted molar refractivity (Wildman–Crippen MR) is 88.3 cm³/mol. The van der Waals surface area contributed by atoms with Crippen molar-refractivity contribution in [3.8, 4) is 6.07 Å². The maximum atomic E-state index is 12.0. The van der Waals surface area contributed by atoms with Gasteiger partial charge < -0.3 is 5.32 Å². The number of fused-ring (bicyclic) bond motifs is 1. The predicted octanol–water partition coefficient (Wildman–Crippen LogP) is 0.888. The Bertz CT molecular complexity index is 913. The first kappa shape index (κ1) is 15.9. The Labute approximate surface area is 139 Å². The van der Waals surface area contributed by atoms with Crippen LogP contribution < -0.4 is 9.62 Å². The Morgan fingerprint density at radius 1 is 1.50 bits per heavy atom. The lowest BCUT2D eigenvalue weighted by molar-refractivity contribution is 0.592. The summed E-state index contributed by atoms with van der Waals surface area (Å²) in [6.45, 7) is 0.470. The highest BCUT2D eigenvalue weighted by Gasteiger charge is 2.24. The molecule has 0 spiro atoms. The number of aryl methyl sites for hydroxylation is 1. The fourth-order valence-corrected chi connectivity index (χ4v) is 3.54. The number of benzene rings is 1. The third kappa shape index (κ3) is 3.21. The second kappa shape index (κ2) is 6.29. The van der Waals surface area contributed by atoms with E-state index in [2.05, 4.69) is 25.9 Å². The monoisotopic (exact) mass is 345 g/mol. The number of nitriles is 1. The SMILES string of the molecule is CS(=O)(=O)N1CCCc2ccc(NC=C(C#N)c3nn[nH]n3)cc21. The minimum Gasteiger partial charge on any atom is -0.360 e. The molecule has 2 heterocycles. The summed E-state index contributed by atoms with van der Waals surface area (Å²) in [5, 5.41) is 25.3. The van der Waals surface area contributed by atoms with Gasteiger partial charge in [0.2, 0.25) is 15.8 Å². The first-order chi connectivity index (χ1) is 11.5. The fourth-order valence-electron chi connectivity index (χ4n) is 2.55. The summed E-state index contributed by atoms with van der Waals surface area (Å²) in [6, 6.07) is 7.47. The number of anilines is 2. The second-order valence-corrected chi connectivity index (χ2v) is 7.24. The first-order valence-corrected chi connectivity index (χ1v) is 9.05. The van der Waals surface area contributed by atoms with Gasteiger partial charge in [-0.3, -0.25) is 4.31 Å². The summed E-state index contributed by atoms with van der Waals surface area (Å²) < 4.78 is 25.3. The molecular formula is C14H15N7O2S. The van der Waals surface area contributed by atoms with Crippen LogP contribution in [0.15, 0.2) is 24.4 Å². The van der Waals surface area contributed by atoms with Crippen LogP contribution in [0.5, 0.6) is 0 Å². The molecule has 0 amide bonds. The zero-order chi connectivity index (χ0) is 17.2. The minimum absolute atomic E-state index is 0.181. The van der Waals surface area contributed by atoms with Crippen LogP contribution in [0.2, 0.25) is 0 Å². The summed E-state index contributed by atoms with van der Waals surface area (Å²) in [4.78, 5) is 0.